The molecule has 1 atom stereocenters. The Hall–Kier alpha value is -1.03. The van der Waals surface area contributed by atoms with Gasteiger partial charge in [0.25, 0.3) is 0 Å². The molecule has 0 aliphatic carbocycles. The van der Waals surface area contributed by atoms with Crippen LogP contribution in [0.4, 0.5) is 10.5 Å². The number of nitrogens with zero attached hydrogens (tertiary/aromatic N) is 1. The van der Waals surface area contributed by atoms with Gasteiger partial charge >= 0.3 is 6.09 Å². The summed E-state index contributed by atoms with van der Waals surface area (Å²) in [6.45, 7) is 10.1. The lowest BCUT2D eigenvalue weighted by Gasteiger charge is -2.38. The van der Waals surface area contributed by atoms with E-state index in [-0.39, 0.29) is 12.1 Å². The van der Waals surface area contributed by atoms with Crippen molar-refractivity contribution in [3.05, 3.63) is 28.2 Å². The molecule has 0 spiro atoms. The Morgan fingerprint density at radius 2 is 2.09 bits per heavy atom. The minimum atomic E-state index is -0.480. The molecule has 4 heteroatoms. The largest absolute Gasteiger partial charge is 0.443 e. The van der Waals surface area contributed by atoms with E-state index in [1.807, 2.05) is 37.8 Å². The highest BCUT2D eigenvalue weighted by molar-refractivity contribution is 9.10. The Balaban J connectivity index is 2.36. The summed E-state index contributed by atoms with van der Waals surface area (Å²) < 4.78 is 6.70. The van der Waals surface area contributed by atoms with Crippen LogP contribution in [0.25, 0.3) is 0 Å². The summed E-state index contributed by atoms with van der Waals surface area (Å²) in [5, 5.41) is 0. The highest BCUT2D eigenvalue weighted by Crippen LogP contribution is 2.35. The zero-order valence-electron chi connectivity index (χ0n) is 14.1. The van der Waals surface area contributed by atoms with Crippen LogP contribution in [0.15, 0.2) is 22.7 Å². The molecule has 1 aliphatic rings. The van der Waals surface area contributed by atoms with Gasteiger partial charge in [-0.3, -0.25) is 4.90 Å². The number of benzene rings is 1. The number of anilines is 1. The lowest BCUT2D eigenvalue weighted by atomic mass is 9.91. The smallest absolute Gasteiger partial charge is 0.415 e. The second-order valence-corrected chi connectivity index (χ2v) is 8.36. The third kappa shape index (κ3) is 4.25. The van der Waals surface area contributed by atoms with Gasteiger partial charge in [0.05, 0.1) is 5.69 Å². The van der Waals surface area contributed by atoms with Crippen molar-refractivity contribution in [2.45, 2.75) is 65.5 Å². The van der Waals surface area contributed by atoms with E-state index in [4.69, 9.17) is 4.74 Å². The molecule has 0 fully saturated rings. The average molecular weight is 368 g/mol. The van der Waals surface area contributed by atoms with Crippen molar-refractivity contribution in [1.82, 2.24) is 0 Å². The molecule has 0 N–H and O–H groups in total. The molecule has 1 heterocycles. The summed E-state index contributed by atoms with van der Waals surface area (Å²) in [6, 6.07) is 6.34. The molecule has 1 aromatic rings. The number of amides is 1. The SMILES string of the molecule is CC(C)CC1CCc2cc(Br)ccc2N1C(=O)OC(C)(C)C. The summed E-state index contributed by atoms with van der Waals surface area (Å²) in [5.74, 6) is 0.548. The van der Waals surface area contributed by atoms with Crippen LogP contribution < -0.4 is 4.90 Å². The Morgan fingerprint density at radius 1 is 1.41 bits per heavy atom. The fourth-order valence-electron chi connectivity index (χ4n) is 2.96. The second kappa shape index (κ2) is 6.61. The van der Waals surface area contributed by atoms with Crippen LogP contribution in [0, 0.1) is 5.92 Å². The van der Waals surface area contributed by atoms with Crippen molar-refractivity contribution >= 4 is 27.7 Å². The molecule has 1 aliphatic heterocycles. The third-order valence-corrected chi connectivity index (χ3v) is 4.24. The first-order valence-corrected chi connectivity index (χ1v) is 8.77. The van der Waals surface area contributed by atoms with E-state index >= 15 is 0 Å². The van der Waals surface area contributed by atoms with Gasteiger partial charge in [0.2, 0.25) is 0 Å². The molecule has 0 bridgehead atoms. The number of ether oxygens (including phenoxy) is 1. The van der Waals surface area contributed by atoms with Crippen LogP contribution >= 0.6 is 15.9 Å². The van der Waals surface area contributed by atoms with Crippen molar-refractivity contribution in [3.8, 4) is 0 Å². The number of aryl methyl sites for hydroxylation is 1. The number of carbonyl (C=O) groups excluding carboxylic acids is 1. The summed E-state index contributed by atoms with van der Waals surface area (Å²) in [5.41, 5.74) is 1.72. The topological polar surface area (TPSA) is 29.5 Å². The maximum Gasteiger partial charge on any atom is 0.415 e. The normalized spacial score (nSPS) is 18.3. The van der Waals surface area contributed by atoms with E-state index in [1.54, 1.807) is 0 Å². The standard InChI is InChI=1S/C18H26BrNO2/c1-12(2)10-15-8-6-13-11-14(19)7-9-16(13)20(15)17(21)22-18(3,4)5/h7,9,11-12,15H,6,8,10H2,1-5H3. The van der Waals surface area contributed by atoms with E-state index in [2.05, 4.69) is 35.8 Å². The predicted octanol–water partition coefficient (Wildman–Crippen LogP) is 5.55. The van der Waals surface area contributed by atoms with E-state index in [1.165, 1.54) is 5.56 Å². The first-order chi connectivity index (χ1) is 10.2. The predicted molar refractivity (Wildman–Crippen MR) is 94.4 cm³/mol. The number of hydrogen-bond donors (Lipinski definition) is 0. The van der Waals surface area contributed by atoms with Gasteiger partial charge in [0, 0.05) is 10.5 Å². The van der Waals surface area contributed by atoms with Gasteiger partial charge in [-0.05, 0) is 69.7 Å². The molecule has 122 valence electrons. The quantitative estimate of drug-likeness (QED) is 0.685. The third-order valence-electron chi connectivity index (χ3n) is 3.75. The Labute approximate surface area is 142 Å². The fraction of sp³-hybridized carbons (Fsp3) is 0.611. The van der Waals surface area contributed by atoms with E-state index < -0.39 is 5.60 Å². The van der Waals surface area contributed by atoms with Crippen LogP contribution in [0.1, 0.15) is 53.0 Å². The second-order valence-electron chi connectivity index (χ2n) is 7.45. The van der Waals surface area contributed by atoms with Crippen molar-refractivity contribution in [2.75, 3.05) is 4.90 Å². The molecule has 0 saturated heterocycles. The van der Waals surface area contributed by atoms with Crippen LogP contribution in [-0.2, 0) is 11.2 Å². The lowest BCUT2D eigenvalue weighted by Crippen LogP contribution is -2.46. The van der Waals surface area contributed by atoms with Gasteiger partial charge in [-0.15, -0.1) is 0 Å². The zero-order chi connectivity index (χ0) is 16.5. The summed E-state index contributed by atoms with van der Waals surface area (Å²) in [7, 11) is 0. The van der Waals surface area contributed by atoms with E-state index in [0.717, 1.165) is 29.4 Å². The molecule has 0 saturated carbocycles. The van der Waals surface area contributed by atoms with E-state index in [0.29, 0.717) is 5.92 Å². The van der Waals surface area contributed by atoms with Crippen molar-refractivity contribution in [1.29, 1.82) is 0 Å². The maximum absolute atomic E-state index is 12.7. The first kappa shape index (κ1) is 17.3. The van der Waals surface area contributed by atoms with Crippen LogP contribution in [0.5, 0.6) is 0 Å². The van der Waals surface area contributed by atoms with Gasteiger partial charge in [0.15, 0.2) is 0 Å². The van der Waals surface area contributed by atoms with Gasteiger partial charge in [-0.2, -0.15) is 0 Å². The molecular weight excluding hydrogens is 342 g/mol. The summed E-state index contributed by atoms with van der Waals surface area (Å²) >= 11 is 3.52. The molecule has 0 radical (unpaired) electrons. The molecule has 1 unspecified atom stereocenters. The Bertz CT molecular complexity index is 549. The molecule has 1 amide bonds. The van der Waals surface area contributed by atoms with Crippen molar-refractivity contribution in [2.24, 2.45) is 5.92 Å². The van der Waals surface area contributed by atoms with Crippen LogP contribution in [0.2, 0.25) is 0 Å². The Morgan fingerprint density at radius 3 is 2.68 bits per heavy atom. The number of fused-ring (bicyclic) bond motifs is 1. The molecule has 22 heavy (non-hydrogen) atoms. The first-order valence-electron chi connectivity index (χ1n) is 7.98. The molecular formula is C18H26BrNO2. The Kier molecular flexibility index (Phi) is 5.21. The van der Waals surface area contributed by atoms with Crippen molar-refractivity contribution in [3.63, 3.8) is 0 Å². The molecule has 1 aromatic carbocycles. The number of rotatable bonds is 2. The minimum Gasteiger partial charge on any atom is -0.443 e. The van der Waals surface area contributed by atoms with Gasteiger partial charge in [-0.1, -0.05) is 29.8 Å². The van der Waals surface area contributed by atoms with Crippen molar-refractivity contribution < 1.29 is 9.53 Å². The molecule has 2 rings (SSSR count). The monoisotopic (exact) mass is 367 g/mol. The van der Waals surface area contributed by atoms with Gasteiger partial charge in [-0.25, -0.2) is 4.79 Å². The van der Waals surface area contributed by atoms with Crippen LogP contribution in [-0.4, -0.2) is 17.7 Å². The number of hydrogen-bond acceptors (Lipinski definition) is 2. The minimum absolute atomic E-state index is 0.212. The average Bonchev–Trinajstić information content (AvgIpc) is 2.35. The maximum atomic E-state index is 12.7. The zero-order valence-corrected chi connectivity index (χ0v) is 15.7. The van der Waals surface area contributed by atoms with Gasteiger partial charge in [0.1, 0.15) is 5.60 Å². The molecule has 0 aromatic heterocycles. The highest BCUT2D eigenvalue weighted by atomic mass is 79.9. The summed E-state index contributed by atoms with van der Waals surface area (Å²) in [6.07, 6.45) is 2.75. The number of carbonyl (C=O) groups is 1. The van der Waals surface area contributed by atoms with Gasteiger partial charge < -0.3 is 4.74 Å². The van der Waals surface area contributed by atoms with E-state index in [9.17, 15) is 4.79 Å². The molecule has 3 nitrogen and oxygen atoms in total. The lowest BCUT2D eigenvalue weighted by molar-refractivity contribution is 0.0556. The van der Waals surface area contributed by atoms with Crippen LogP contribution in [0.3, 0.4) is 0 Å². The fourth-order valence-corrected chi connectivity index (χ4v) is 3.37. The summed E-state index contributed by atoms with van der Waals surface area (Å²) in [4.78, 5) is 14.6. The number of halogens is 1. The highest BCUT2D eigenvalue weighted by Gasteiger charge is 2.34.